The second-order valence-electron chi connectivity index (χ2n) is 7.35. The maximum Gasteiger partial charge on any atom is 0.276 e. The third-order valence-electron chi connectivity index (χ3n) is 5.00. The number of hydrogen-bond donors (Lipinski definition) is 1. The Morgan fingerprint density at radius 3 is 2.65 bits per heavy atom. The van der Waals surface area contributed by atoms with Crippen LogP contribution in [0, 0.1) is 5.92 Å². The molecule has 1 aromatic rings. The van der Waals surface area contributed by atoms with Crippen molar-refractivity contribution in [1.82, 2.24) is 25.2 Å². The predicted octanol–water partition coefficient (Wildman–Crippen LogP) is 2.24. The average molecular weight is 319 g/mol. The Labute approximate surface area is 138 Å². The Balaban J connectivity index is 1.72. The van der Waals surface area contributed by atoms with E-state index in [2.05, 4.69) is 34.4 Å². The lowest BCUT2D eigenvalue weighted by Gasteiger charge is -2.29. The molecule has 23 heavy (non-hydrogen) atoms. The van der Waals surface area contributed by atoms with Gasteiger partial charge in [0.1, 0.15) is 0 Å². The fourth-order valence-corrected chi connectivity index (χ4v) is 3.78. The Kier molecular flexibility index (Phi) is 5.30. The molecule has 1 saturated carbocycles. The number of nitrogens with zero attached hydrogens (tertiary/aromatic N) is 4. The van der Waals surface area contributed by atoms with Crippen LogP contribution < -0.4 is 5.32 Å². The van der Waals surface area contributed by atoms with Gasteiger partial charge in [0, 0.05) is 12.6 Å². The standard InChI is InChI=1S/C17H29N5O/c1-13(2)11-21(14-5-3-4-6-14)17(23)16-12-22(20-19-16)15-7-9-18-10-8-15/h12-15,18H,3-11H2,1-2H3. The number of hydrogen-bond acceptors (Lipinski definition) is 4. The molecule has 1 aliphatic heterocycles. The molecule has 1 N–H and O–H groups in total. The van der Waals surface area contributed by atoms with Crippen LogP contribution in [0.25, 0.3) is 0 Å². The van der Waals surface area contributed by atoms with Crippen molar-refractivity contribution in [2.75, 3.05) is 19.6 Å². The number of aromatic nitrogens is 3. The first-order valence-electron chi connectivity index (χ1n) is 9.08. The number of rotatable bonds is 5. The summed E-state index contributed by atoms with van der Waals surface area (Å²) < 4.78 is 1.90. The maximum absolute atomic E-state index is 13.0. The normalized spacial score (nSPS) is 20.3. The van der Waals surface area contributed by atoms with E-state index in [0.29, 0.717) is 23.7 Å². The first-order valence-corrected chi connectivity index (χ1v) is 9.08. The van der Waals surface area contributed by atoms with Gasteiger partial charge in [-0.05, 0) is 44.7 Å². The van der Waals surface area contributed by atoms with Crippen LogP contribution in [0.3, 0.4) is 0 Å². The van der Waals surface area contributed by atoms with Gasteiger partial charge >= 0.3 is 0 Å². The van der Waals surface area contributed by atoms with Gasteiger partial charge < -0.3 is 10.2 Å². The van der Waals surface area contributed by atoms with Gasteiger partial charge in [0.15, 0.2) is 5.69 Å². The van der Waals surface area contributed by atoms with Crippen LogP contribution in [0.4, 0.5) is 0 Å². The zero-order valence-electron chi connectivity index (χ0n) is 14.4. The summed E-state index contributed by atoms with van der Waals surface area (Å²) >= 11 is 0. The van der Waals surface area contributed by atoms with E-state index in [9.17, 15) is 4.79 Å². The van der Waals surface area contributed by atoms with Crippen LogP contribution in [-0.2, 0) is 0 Å². The molecule has 2 heterocycles. The molecule has 0 unspecified atom stereocenters. The molecule has 2 aliphatic rings. The quantitative estimate of drug-likeness (QED) is 0.904. The van der Waals surface area contributed by atoms with E-state index in [1.807, 2.05) is 10.9 Å². The Morgan fingerprint density at radius 1 is 1.30 bits per heavy atom. The summed E-state index contributed by atoms with van der Waals surface area (Å²) in [6.45, 7) is 7.16. The first kappa shape index (κ1) is 16.4. The second kappa shape index (κ2) is 7.43. The Hall–Kier alpha value is -1.43. The number of piperidine rings is 1. The third-order valence-corrected chi connectivity index (χ3v) is 5.00. The van der Waals surface area contributed by atoms with Gasteiger partial charge in [-0.25, -0.2) is 4.68 Å². The van der Waals surface area contributed by atoms with E-state index in [0.717, 1.165) is 45.3 Å². The molecule has 6 heteroatoms. The Bertz CT molecular complexity index is 515. The van der Waals surface area contributed by atoms with E-state index in [1.165, 1.54) is 12.8 Å². The zero-order valence-corrected chi connectivity index (χ0v) is 14.4. The molecule has 0 bridgehead atoms. The topological polar surface area (TPSA) is 63.1 Å². The minimum absolute atomic E-state index is 0.0609. The lowest BCUT2D eigenvalue weighted by atomic mass is 10.1. The molecular weight excluding hydrogens is 290 g/mol. The van der Waals surface area contributed by atoms with Crippen LogP contribution in [0.1, 0.15) is 68.9 Å². The summed E-state index contributed by atoms with van der Waals surface area (Å²) in [6.07, 6.45) is 8.68. The SMILES string of the molecule is CC(C)CN(C(=O)c1cn(C2CCNCC2)nn1)C1CCCC1. The minimum atomic E-state index is 0.0609. The van der Waals surface area contributed by atoms with Crippen LogP contribution in [0.2, 0.25) is 0 Å². The van der Waals surface area contributed by atoms with Crippen LogP contribution in [0.5, 0.6) is 0 Å². The van der Waals surface area contributed by atoms with Crippen LogP contribution in [-0.4, -0.2) is 51.5 Å². The highest BCUT2D eigenvalue weighted by atomic mass is 16.2. The summed E-state index contributed by atoms with van der Waals surface area (Å²) in [4.78, 5) is 15.0. The van der Waals surface area contributed by atoms with Gasteiger partial charge in [-0.2, -0.15) is 0 Å². The highest BCUT2D eigenvalue weighted by Crippen LogP contribution is 2.26. The molecule has 1 aromatic heterocycles. The van der Waals surface area contributed by atoms with Crippen molar-refractivity contribution in [3.05, 3.63) is 11.9 Å². The lowest BCUT2D eigenvalue weighted by molar-refractivity contribution is 0.0649. The van der Waals surface area contributed by atoms with Crippen molar-refractivity contribution in [2.45, 2.75) is 64.5 Å². The highest BCUT2D eigenvalue weighted by Gasteiger charge is 2.30. The largest absolute Gasteiger partial charge is 0.334 e. The molecule has 0 atom stereocenters. The number of amides is 1. The van der Waals surface area contributed by atoms with Crippen molar-refractivity contribution in [3.8, 4) is 0 Å². The molecule has 0 spiro atoms. The van der Waals surface area contributed by atoms with Crippen molar-refractivity contribution in [1.29, 1.82) is 0 Å². The zero-order chi connectivity index (χ0) is 16.2. The van der Waals surface area contributed by atoms with Crippen molar-refractivity contribution in [2.24, 2.45) is 5.92 Å². The second-order valence-corrected chi connectivity index (χ2v) is 7.35. The molecule has 3 rings (SSSR count). The summed E-state index contributed by atoms with van der Waals surface area (Å²) in [5, 5.41) is 11.8. The number of carbonyl (C=O) groups is 1. The molecule has 6 nitrogen and oxygen atoms in total. The van der Waals surface area contributed by atoms with E-state index >= 15 is 0 Å². The van der Waals surface area contributed by atoms with Crippen molar-refractivity contribution < 1.29 is 4.79 Å². The molecule has 128 valence electrons. The van der Waals surface area contributed by atoms with Gasteiger partial charge in [0.2, 0.25) is 0 Å². The molecular formula is C17H29N5O. The highest BCUT2D eigenvalue weighted by molar-refractivity contribution is 5.92. The van der Waals surface area contributed by atoms with Gasteiger partial charge in [-0.15, -0.1) is 5.10 Å². The van der Waals surface area contributed by atoms with Gasteiger partial charge in [0.25, 0.3) is 5.91 Å². The number of carbonyl (C=O) groups excluding carboxylic acids is 1. The maximum atomic E-state index is 13.0. The van der Waals surface area contributed by atoms with E-state index in [1.54, 1.807) is 0 Å². The van der Waals surface area contributed by atoms with E-state index in [-0.39, 0.29) is 5.91 Å². The molecule has 0 radical (unpaired) electrons. The summed E-state index contributed by atoms with van der Waals surface area (Å²) in [5.74, 6) is 0.532. The molecule has 0 aromatic carbocycles. The van der Waals surface area contributed by atoms with Gasteiger partial charge in [-0.1, -0.05) is 31.9 Å². The van der Waals surface area contributed by atoms with Gasteiger partial charge in [0.05, 0.1) is 12.2 Å². The summed E-state index contributed by atoms with van der Waals surface area (Å²) in [7, 11) is 0. The average Bonchev–Trinajstić information content (AvgIpc) is 3.24. The number of nitrogens with one attached hydrogen (secondary N) is 1. The monoisotopic (exact) mass is 319 g/mol. The molecule has 1 aliphatic carbocycles. The summed E-state index contributed by atoms with van der Waals surface area (Å²) in [5.41, 5.74) is 0.510. The summed E-state index contributed by atoms with van der Waals surface area (Å²) in [6, 6.07) is 0.754. The van der Waals surface area contributed by atoms with Crippen LogP contribution in [0.15, 0.2) is 6.20 Å². The van der Waals surface area contributed by atoms with Crippen molar-refractivity contribution in [3.63, 3.8) is 0 Å². The van der Waals surface area contributed by atoms with Gasteiger partial charge in [-0.3, -0.25) is 4.79 Å². The van der Waals surface area contributed by atoms with E-state index in [4.69, 9.17) is 0 Å². The fourth-order valence-electron chi connectivity index (χ4n) is 3.78. The minimum Gasteiger partial charge on any atom is -0.334 e. The lowest BCUT2D eigenvalue weighted by Crippen LogP contribution is -2.41. The fraction of sp³-hybridized carbons (Fsp3) is 0.824. The molecule has 1 amide bonds. The third kappa shape index (κ3) is 3.91. The van der Waals surface area contributed by atoms with E-state index < -0.39 is 0 Å². The smallest absolute Gasteiger partial charge is 0.276 e. The van der Waals surface area contributed by atoms with Crippen LogP contribution >= 0.6 is 0 Å². The van der Waals surface area contributed by atoms with Crippen molar-refractivity contribution >= 4 is 5.91 Å². The molecule has 1 saturated heterocycles. The predicted molar refractivity (Wildman–Crippen MR) is 89.3 cm³/mol. The Morgan fingerprint density at radius 2 is 2.00 bits per heavy atom. The molecule has 2 fully saturated rings. The first-order chi connectivity index (χ1) is 11.1.